The quantitative estimate of drug-likeness (QED) is 0.143. The maximum Gasteiger partial charge on any atom is 0.163 e. The molecule has 0 saturated heterocycles. The first-order valence-corrected chi connectivity index (χ1v) is 17.7. The zero-order valence-electron chi connectivity index (χ0n) is 29.7. The topological polar surface area (TPSA) is 85.3 Å². The van der Waals surface area contributed by atoms with Crippen LogP contribution in [0.15, 0.2) is 54.1 Å². The maximum atomic E-state index is 13.7. The normalized spacial score (nSPS) is 16.4. The number of allylic oxidation sites excluding steroid dienone is 4. The Kier molecular flexibility index (Phi) is 14.4. The lowest BCUT2D eigenvalue weighted by Gasteiger charge is -2.32. The van der Waals surface area contributed by atoms with Crippen LogP contribution in [0, 0.1) is 24.7 Å². The summed E-state index contributed by atoms with van der Waals surface area (Å²) in [7, 11) is 0. The molecule has 0 bridgehead atoms. The van der Waals surface area contributed by atoms with Gasteiger partial charge in [0.05, 0.1) is 6.42 Å². The van der Waals surface area contributed by atoms with E-state index in [1.807, 2.05) is 69.3 Å². The van der Waals surface area contributed by atoms with Crippen LogP contribution in [0.25, 0.3) is 11.1 Å². The number of benzene rings is 2. The molecule has 0 amide bonds. The van der Waals surface area contributed by atoms with Crippen molar-refractivity contribution in [3.05, 3.63) is 82.0 Å². The number of carbonyl (C=O) groups is 5. The van der Waals surface area contributed by atoms with Crippen LogP contribution in [0.3, 0.4) is 0 Å². The number of Topliss-reactive ketones (excluding diaryl/α,β-unsaturated/α-hetero) is 5. The van der Waals surface area contributed by atoms with E-state index in [0.717, 1.165) is 58.2 Å². The summed E-state index contributed by atoms with van der Waals surface area (Å²) in [4.78, 5) is 64.5. The maximum absolute atomic E-state index is 13.7. The first kappa shape index (κ1) is 37.7. The number of fused-ring (bicyclic) bond motifs is 1. The molecule has 3 atom stereocenters. The van der Waals surface area contributed by atoms with E-state index < -0.39 is 0 Å². The van der Waals surface area contributed by atoms with E-state index in [1.54, 1.807) is 0 Å². The largest absolute Gasteiger partial charge is 0.300 e. The molecule has 2 aromatic carbocycles. The third-order valence-corrected chi connectivity index (χ3v) is 9.35. The molecule has 0 heterocycles. The average molecular weight is 639 g/mol. The molecule has 0 radical (unpaired) electrons. The van der Waals surface area contributed by atoms with E-state index in [4.69, 9.17) is 0 Å². The Bertz CT molecular complexity index is 1540. The van der Waals surface area contributed by atoms with Gasteiger partial charge in [-0.3, -0.25) is 24.0 Å². The van der Waals surface area contributed by atoms with Gasteiger partial charge in [0.2, 0.25) is 0 Å². The lowest BCUT2D eigenvalue weighted by atomic mass is 9.71. The third kappa shape index (κ3) is 9.89. The lowest BCUT2D eigenvalue weighted by molar-refractivity contribution is -0.130. The SMILES string of the molecule is CCC.CCCC(CC1CC(=O)c2c(C)ccc(-c3cc(CC(=O)C4=CC=CC4)cc(C(=O)CC)c3)c2C1)C(CC)C(=O)CC(C)=O. The van der Waals surface area contributed by atoms with Crippen molar-refractivity contribution in [3.63, 3.8) is 0 Å². The monoisotopic (exact) mass is 638 g/mol. The van der Waals surface area contributed by atoms with Gasteiger partial charge in [0, 0.05) is 36.3 Å². The van der Waals surface area contributed by atoms with E-state index in [0.29, 0.717) is 37.7 Å². The smallest absolute Gasteiger partial charge is 0.163 e. The molecule has 2 aliphatic rings. The molecule has 2 aromatic rings. The number of aryl methyl sites for hydroxylation is 1. The minimum atomic E-state index is -0.186. The average Bonchev–Trinajstić information content (AvgIpc) is 3.56. The molecule has 0 spiro atoms. The van der Waals surface area contributed by atoms with Gasteiger partial charge in [0.25, 0.3) is 0 Å². The predicted molar refractivity (Wildman–Crippen MR) is 191 cm³/mol. The summed E-state index contributed by atoms with van der Waals surface area (Å²) in [6.07, 6.45) is 12.5. The third-order valence-electron chi connectivity index (χ3n) is 9.35. The van der Waals surface area contributed by atoms with Crippen LogP contribution >= 0.6 is 0 Å². The van der Waals surface area contributed by atoms with E-state index in [9.17, 15) is 24.0 Å². The summed E-state index contributed by atoms with van der Waals surface area (Å²) in [6.45, 7) is 13.7. The minimum Gasteiger partial charge on any atom is -0.300 e. The minimum absolute atomic E-state index is 0.0143. The Morgan fingerprint density at radius 3 is 2.26 bits per heavy atom. The molecule has 5 nitrogen and oxygen atoms in total. The van der Waals surface area contributed by atoms with Crippen molar-refractivity contribution in [2.75, 3.05) is 0 Å². The second kappa shape index (κ2) is 18.0. The van der Waals surface area contributed by atoms with Crippen molar-refractivity contribution in [1.82, 2.24) is 0 Å². The molecular weight excluding hydrogens is 584 g/mol. The van der Waals surface area contributed by atoms with Crippen LogP contribution in [0.5, 0.6) is 0 Å². The molecule has 0 aromatic heterocycles. The van der Waals surface area contributed by atoms with Gasteiger partial charge in [-0.1, -0.05) is 90.3 Å². The van der Waals surface area contributed by atoms with Crippen LogP contribution in [0.2, 0.25) is 0 Å². The standard InChI is InChI=1S/C39H46O5.C3H8/c1-6-11-29(32(7-2)37(43)16-25(5)40)17-27-20-34-33(15-14-24(4)39(34)38(44)22-27)30-18-26(19-31(23-30)35(41)8-3)21-36(42)28-12-9-10-13-28;1-3-2/h9-10,12,14-15,18-19,23,27,29,32H,6-8,11,13,16-17,20-22H2,1-5H3;3H2,1-2H3. The Balaban J connectivity index is 0.00000192. The molecule has 47 heavy (non-hydrogen) atoms. The first-order chi connectivity index (χ1) is 22.5. The molecule has 0 aliphatic heterocycles. The number of rotatable bonds is 15. The van der Waals surface area contributed by atoms with Gasteiger partial charge in [0.1, 0.15) is 11.6 Å². The summed E-state index contributed by atoms with van der Waals surface area (Å²) in [5, 5.41) is 0. The van der Waals surface area contributed by atoms with Gasteiger partial charge in [-0.05, 0) is 96.9 Å². The van der Waals surface area contributed by atoms with E-state index in [-0.39, 0.29) is 59.5 Å². The van der Waals surface area contributed by atoms with Crippen molar-refractivity contribution >= 4 is 28.9 Å². The van der Waals surface area contributed by atoms with Gasteiger partial charge >= 0.3 is 0 Å². The van der Waals surface area contributed by atoms with Crippen LogP contribution < -0.4 is 0 Å². The Morgan fingerprint density at radius 2 is 1.66 bits per heavy atom. The molecule has 4 rings (SSSR count). The van der Waals surface area contributed by atoms with Crippen LogP contribution in [0.1, 0.15) is 137 Å². The fourth-order valence-corrected chi connectivity index (χ4v) is 7.28. The highest BCUT2D eigenvalue weighted by atomic mass is 16.2. The molecular formula is C42H54O5. The first-order valence-electron chi connectivity index (χ1n) is 17.7. The van der Waals surface area contributed by atoms with E-state index in [1.165, 1.54) is 13.3 Å². The number of ketones is 5. The number of hydrogen-bond acceptors (Lipinski definition) is 5. The van der Waals surface area contributed by atoms with Gasteiger partial charge in [-0.2, -0.15) is 0 Å². The zero-order valence-corrected chi connectivity index (χ0v) is 29.7. The van der Waals surface area contributed by atoms with Gasteiger partial charge in [0.15, 0.2) is 17.3 Å². The van der Waals surface area contributed by atoms with E-state index >= 15 is 0 Å². The lowest BCUT2D eigenvalue weighted by Crippen LogP contribution is -2.30. The Hall–Kier alpha value is -3.73. The summed E-state index contributed by atoms with van der Waals surface area (Å²) >= 11 is 0. The van der Waals surface area contributed by atoms with Gasteiger partial charge in [-0.15, -0.1) is 0 Å². The van der Waals surface area contributed by atoms with Crippen LogP contribution in [-0.4, -0.2) is 28.9 Å². The summed E-state index contributed by atoms with van der Waals surface area (Å²) in [5.74, 6) is 0.102. The molecule has 5 heteroatoms. The Labute approximate surface area is 282 Å². The highest BCUT2D eigenvalue weighted by Crippen LogP contribution is 2.40. The molecule has 0 fully saturated rings. The van der Waals surface area contributed by atoms with Crippen molar-refractivity contribution in [2.24, 2.45) is 17.8 Å². The molecule has 0 N–H and O–H groups in total. The summed E-state index contributed by atoms with van der Waals surface area (Å²) < 4.78 is 0. The highest BCUT2D eigenvalue weighted by Gasteiger charge is 2.34. The zero-order chi connectivity index (χ0) is 34.7. The number of hydrogen-bond donors (Lipinski definition) is 0. The van der Waals surface area contributed by atoms with Crippen LogP contribution in [-0.2, 0) is 27.2 Å². The second-order valence-corrected chi connectivity index (χ2v) is 13.5. The van der Waals surface area contributed by atoms with Crippen molar-refractivity contribution in [2.45, 2.75) is 119 Å². The fraction of sp³-hybridized carbons (Fsp3) is 0.500. The number of carbonyl (C=O) groups excluding carboxylic acids is 5. The fourth-order valence-electron chi connectivity index (χ4n) is 7.28. The Morgan fingerprint density at radius 1 is 0.936 bits per heavy atom. The van der Waals surface area contributed by atoms with Crippen molar-refractivity contribution in [3.8, 4) is 11.1 Å². The van der Waals surface area contributed by atoms with Crippen LogP contribution in [0.4, 0.5) is 0 Å². The van der Waals surface area contributed by atoms with Crippen molar-refractivity contribution in [1.29, 1.82) is 0 Å². The summed E-state index contributed by atoms with van der Waals surface area (Å²) in [6, 6.07) is 9.77. The molecule has 252 valence electrons. The molecule has 2 aliphatic carbocycles. The molecule has 0 saturated carbocycles. The van der Waals surface area contributed by atoms with Crippen molar-refractivity contribution < 1.29 is 24.0 Å². The summed E-state index contributed by atoms with van der Waals surface area (Å²) in [5.41, 5.74) is 6.62. The van der Waals surface area contributed by atoms with E-state index in [2.05, 4.69) is 20.8 Å². The van der Waals surface area contributed by atoms with Gasteiger partial charge in [-0.25, -0.2) is 0 Å². The highest BCUT2D eigenvalue weighted by molar-refractivity contribution is 6.03. The second-order valence-electron chi connectivity index (χ2n) is 13.5. The van der Waals surface area contributed by atoms with Gasteiger partial charge < -0.3 is 0 Å². The predicted octanol–water partition coefficient (Wildman–Crippen LogP) is 9.79. The molecule has 3 unspecified atom stereocenters.